The molecule has 1 fully saturated rings. The highest BCUT2D eigenvalue weighted by Gasteiger charge is 2.36. The first-order valence-corrected chi connectivity index (χ1v) is 6.66. The summed E-state index contributed by atoms with van der Waals surface area (Å²) in [6.07, 6.45) is 0.895. The molecular weight excluding hydrogens is 248 g/mol. The average molecular weight is 267 g/mol. The first kappa shape index (κ1) is 13.4. The van der Waals surface area contributed by atoms with Gasteiger partial charge >= 0.3 is 0 Å². The molecule has 0 spiro atoms. The SMILES string of the molecule is C[C@H](NC(=O)C1(C)CCNC1)c1ccc(Cl)cc1. The molecule has 0 saturated carbocycles. The van der Waals surface area contributed by atoms with E-state index in [1.54, 1.807) is 0 Å². The van der Waals surface area contributed by atoms with Crippen LogP contribution in [-0.4, -0.2) is 19.0 Å². The summed E-state index contributed by atoms with van der Waals surface area (Å²) in [6.45, 7) is 5.68. The van der Waals surface area contributed by atoms with E-state index in [0.29, 0.717) is 5.02 Å². The van der Waals surface area contributed by atoms with Crippen LogP contribution in [0.25, 0.3) is 0 Å². The molecule has 1 unspecified atom stereocenters. The molecule has 0 bridgehead atoms. The Hall–Kier alpha value is -1.06. The second-order valence-corrected chi connectivity index (χ2v) is 5.67. The van der Waals surface area contributed by atoms with Gasteiger partial charge in [0.1, 0.15) is 0 Å². The van der Waals surface area contributed by atoms with Gasteiger partial charge in [-0.25, -0.2) is 0 Å². The van der Waals surface area contributed by atoms with E-state index in [9.17, 15) is 4.79 Å². The van der Waals surface area contributed by atoms with Gasteiger partial charge in [-0.1, -0.05) is 23.7 Å². The minimum Gasteiger partial charge on any atom is -0.349 e. The highest BCUT2D eigenvalue weighted by atomic mass is 35.5. The molecule has 0 aliphatic carbocycles. The maximum atomic E-state index is 12.2. The van der Waals surface area contributed by atoms with Crippen molar-refractivity contribution >= 4 is 17.5 Å². The maximum absolute atomic E-state index is 12.2. The topological polar surface area (TPSA) is 41.1 Å². The van der Waals surface area contributed by atoms with E-state index in [4.69, 9.17) is 11.6 Å². The second kappa shape index (κ2) is 5.29. The number of benzene rings is 1. The maximum Gasteiger partial charge on any atom is 0.227 e. The Balaban J connectivity index is 2.00. The zero-order valence-corrected chi connectivity index (χ0v) is 11.6. The van der Waals surface area contributed by atoms with Gasteiger partial charge in [-0.05, 0) is 44.5 Å². The predicted octanol–water partition coefficient (Wildman–Crippen LogP) is 2.52. The van der Waals surface area contributed by atoms with Gasteiger partial charge < -0.3 is 10.6 Å². The Morgan fingerprint density at radius 2 is 2.11 bits per heavy atom. The Kier molecular flexibility index (Phi) is 3.93. The van der Waals surface area contributed by atoms with Crippen molar-refractivity contribution in [2.75, 3.05) is 13.1 Å². The second-order valence-electron chi connectivity index (χ2n) is 5.23. The fraction of sp³-hybridized carbons (Fsp3) is 0.500. The van der Waals surface area contributed by atoms with Crippen LogP contribution >= 0.6 is 11.6 Å². The number of amides is 1. The van der Waals surface area contributed by atoms with Crippen LogP contribution in [0.15, 0.2) is 24.3 Å². The minimum atomic E-state index is -0.277. The Morgan fingerprint density at radius 1 is 1.44 bits per heavy atom. The number of halogens is 1. The lowest BCUT2D eigenvalue weighted by atomic mass is 9.88. The van der Waals surface area contributed by atoms with Crippen LogP contribution in [0.4, 0.5) is 0 Å². The third-order valence-electron chi connectivity index (χ3n) is 3.63. The monoisotopic (exact) mass is 266 g/mol. The van der Waals surface area contributed by atoms with Gasteiger partial charge in [-0.2, -0.15) is 0 Å². The molecule has 2 atom stereocenters. The summed E-state index contributed by atoms with van der Waals surface area (Å²) in [5.74, 6) is 0.120. The lowest BCUT2D eigenvalue weighted by Crippen LogP contribution is -2.41. The molecule has 1 heterocycles. The quantitative estimate of drug-likeness (QED) is 0.883. The normalized spacial score (nSPS) is 24.8. The molecule has 1 saturated heterocycles. The molecule has 1 aromatic carbocycles. The lowest BCUT2D eigenvalue weighted by molar-refractivity contribution is -0.129. The van der Waals surface area contributed by atoms with Crippen LogP contribution < -0.4 is 10.6 Å². The fourth-order valence-corrected chi connectivity index (χ4v) is 2.34. The summed E-state index contributed by atoms with van der Waals surface area (Å²) in [4.78, 5) is 12.2. The van der Waals surface area contributed by atoms with E-state index in [1.807, 2.05) is 38.1 Å². The highest BCUT2D eigenvalue weighted by Crippen LogP contribution is 2.26. The first-order valence-electron chi connectivity index (χ1n) is 6.28. The van der Waals surface area contributed by atoms with Crippen molar-refractivity contribution in [3.05, 3.63) is 34.9 Å². The molecule has 3 nitrogen and oxygen atoms in total. The number of hydrogen-bond acceptors (Lipinski definition) is 2. The van der Waals surface area contributed by atoms with Gasteiger partial charge in [0.25, 0.3) is 0 Å². The van der Waals surface area contributed by atoms with Gasteiger partial charge in [0, 0.05) is 11.6 Å². The summed E-state index contributed by atoms with van der Waals surface area (Å²) < 4.78 is 0. The molecule has 18 heavy (non-hydrogen) atoms. The molecular formula is C14H19ClN2O. The van der Waals surface area contributed by atoms with Crippen LogP contribution in [0.3, 0.4) is 0 Å². The van der Waals surface area contributed by atoms with Crippen molar-refractivity contribution < 1.29 is 4.79 Å². The molecule has 2 N–H and O–H groups in total. The molecule has 1 aliphatic heterocycles. The summed E-state index contributed by atoms with van der Waals surface area (Å²) in [7, 11) is 0. The number of rotatable bonds is 3. The first-order chi connectivity index (χ1) is 8.51. The number of carbonyl (C=O) groups is 1. The summed E-state index contributed by atoms with van der Waals surface area (Å²) in [5.41, 5.74) is 0.794. The summed E-state index contributed by atoms with van der Waals surface area (Å²) in [6, 6.07) is 7.59. The van der Waals surface area contributed by atoms with Gasteiger partial charge in [-0.3, -0.25) is 4.79 Å². The molecule has 98 valence electrons. The fourth-order valence-electron chi connectivity index (χ4n) is 2.22. The predicted molar refractivity (Wildman–Crippen MR) is 73.6 cm³/mol. The van der Waals surface area contributed by atoms with Crippen molar-refractivity contribution in [1.29, 1.82) is 0 Å². The van der Waals surface area contributed by atoms with Crippen LogP contribution in [0, 0.1) is 5.41 Å². The van der Waals surface area contributed by atoms with E-state index in [1.165, 1.54) is 0 Å². The molecule has 4 heteroatoms. The average Bonchev–Trinajstić information content (AvgIpc) is 2.78. The molecule has 1 aliphatic rings. The molecule has 2 rings (SSSR count). The zero-order chi connectivity index (χ0) is 13.2. The van der Waals surface area contributed by atoms with Crippen LogP contribution in [0.5, 0.6) is 0 Å². The van der Waals surface area contributed by atoms with Crippen LogP contribution in [0.2, 0.25) is 5.02 Å². The van der Waals surface area contributed by atoms with E-state index in [-0.39, 0.29) is 17.4 Å². The van der Waals surface area contributed by atoms with E-state index >= 15 is 0 Å². The van der Waals surface area contributed by atoms with E-state index < -0.39 is 0 Å². The largest absolute Gasteiger partial charge is 0.349 e. The van der Waals surface area contributed by atoms with Crippen molar-refractivity contribution in [3.63, 3.8) is 0 Å². The number of hydrogen-bond donors (Lipinski definition) is 2. The summed E-state index contributed by atoms with van der Waals surface area (Å²) >= 11 is 5.85. The molecule has 1 amide bonds. The van der Waals surface area contributed by atoms with Crippen molar-refractivity contribution in [2.24, 2.45) is 5.41 Å². The minimum absolute atomic E-state index is 0.00666. The van der Waals surface area contributed by atoms with E-state index in [0.717, 1.165) is 25.1 Å². The van der Waals surface area contributed by atoms with Gasteiger partial charge in [-0.15, -0.1) is 0 Å². The molecule has 1 aromatic rings. The smallest absolute Gasteiger partial charge is 0.227 e. The highest BCUT2D eigenvalue weighted by molar-refractivity contribution is 6.30. The van der Waals surface area contributed by atoms with Crippen LogP contribution in [0.1, 0.15) is 31.9 Å². The number of nitrogens with one attached hydrogen (secondary N) is 2. The third-order valence-corrected chi connectivity index (χ3v) is 3.89. The summed E-state index contributed by atoms with van der Waals surface area (Å²) in [5, 5.41) is 7.02. The lowest BCUT2D eigenvalue weighted by Gasteiger charge is -2.24. The Bertz CT molecular complexity index is 424. The standard InChI is InChI=1S/C14H19ClN2O/c1-10(11-3-5-12(15)6-4-11)17-13(18)14(2)7-8-16-9-14/h3-6,10,16H,7-9H2,1-2H3,(H,17,18)/t10-,14?/m0/s1. The van der Waals surface area contributed by atoms with Crippen molar-refractivity contribution in [1.82, 2.24) is 10.6 Å². The Morgan fingerprint density at radius 3 is 2.67 bits per heavy atom. The van der Waals surface area contributed by atoms with Crippen molar-refractivity contribution in [3.8, 4) is 0 Å². The number of carbonyl (C=O) groups excluding carboxylic acids is 1. The van der Waals surface area contributed by atoms with E-state index in [2.05, 4.69) is 10.6 Å². The van der Waals surface area contributed by atoms with Gasteiger partial charge in [0.2, 0.25) is 5.91 Å². The van der Waals surface area contributed by atoms with Gasteiger partial charge in [0.15, 0.2) is 0 Å². The third kappa shape index (κ3) is 2.85. The molecule has 0 radical (unpaired) electrons. The van der Waals surface area contributed by atoms with Crippen molar-refractivity contribution in [2.45, 2.75) is 26.3 Å². The van der Waals surface area contributed by atoms with Crippen LogP contribution in [-0.2, 0) is 4.79 Å². The Labute approximate surface area is 113 Å². The van der Waals surface area contributed by atoms with Gasteiger partial charge in [0.05, 0.1) is 11.5 Å². The molecule has 0 aromatic heterocycles. The zero-order valence-electron chi connectivity index (χ0n) is 10.8.